The van der Waals surface area contributed by atoms with E-state index in [0.717, 1.165) is 12.5 Å². The van der Waals surface area contributed by atoms with E-state index in [1.807, 2.05) is 0 Å². The van der Waals surface area contributed by atoms with Crippen LogP contribution in [-0.4, -0.2) is 12.2 Å². The molecule has 13 heavy (non-hydrogen) atoms. The van der Waals surface area contributed by atoms with E-state index >= 15 is 0 Å². The van der Waals surface area contributed by atoms with Crippen molar-refractivity contribution in [3.05, 3.63) is 0 Å². The zero-order valence-corrected chi connectivity index (χ0v) is 9.23. The lowest BCUT2D eigenvalue weighted by Gasteiger charge is -2.35. The second-order valence-corrected chi connectivity index (χ2v) is 6.00. The number of hydrogen-bond acceptors (Lipinski definition) is 1. The summed E-state index contributed by atoms with van der Waals surface area (Å²) in [5, 5.41) is 0. The van der Waals surface area contributed by atoms with Crippen molar-refractivity contribution in [3.63, 3.8) is 0 Å². The Labute approximate surface area is 81.9 Å². The van der Waals surface area contributed by atoms with Gasteiger partial charge in [-0.2, -0.15) is 0 Å². The van der Waals surface area contributed by atoms with Gasteiger partial charge < -0.3 is 4.74 Å². The number of rotatable bonds is 0. The Morgan fingerprint density at radius 1 is 1.15 bits per heavy atom. The van der Waals surface area contributed by atoms with Crippen molar-refractivity contribution in [2.75, 3.05) is 6.61 Å². The molecular weight excluding hydrogens is 160 g/mol. The molecule has 1 aliphatic carbocycles. The van der Waals surface area contributed by atoms with Gasteiger partial charge in [0, 0.05) is 0 Å². The largest absolute Gasteiger partial charge is 0.374 e. The van der Waals surface area contributed by atoms with E-state index in [1.54, 1.807) is 0 Å². The molecule has 2 fully saturated rings. The monoisotopic (exact) mass is 182 g/mol. The van der Waals surface area contributed by atoms with Crippen molar-refractivity contribution in [1.29, 1.82) is 0 Å². The third kappa shape index (κ3) is 1.90. The summed E-state index contributed by atoms with van der Waals surface area (Å²) in [5.41, 5.74) is 0.719. The fraction of sp³-hybridized carbons (Fsp3) is 1.00. The van der Waals surface area contributed by atoms with Gasteiger partial charge in [0.1, 0.15) is 0 Å². The van der Waals surface area contributed by atoms with Gasteiger partial charge in [-0.15, -0.1) is 0 Å². The maximum absolute atomic E-state index is 6.04. The van der Waals surface area contributed by atoms with E-state index < -0.39 is 0 Å². The summed E-state index contributed by atoms with van der Waals surface area (Å²) >= 11 is 0. The SMILES string of the molecule is CC1(C)CO[C@]2(CC[C@@H](C)CC2)C1. The van der Waals surface area contributed by atoms with Crippen LogP contribution in [0.4, 0.5) is 0 Å². The van der Waals surface area contributed by atoms with Crippen LogP contribution in [0, 0.1) is 11.3 Å². The molecule has 1 heterocycles. The summed E-state index contributed by atoms with van der Waals surface area (Å²) in [7, 11) is 0. The van der Waals surface area contributed by atoms with Crippen molar-refractivity contribution >= 4 is 0 Å². The van der Waals surface area contributed by atoms with E-state index in [1.165, 1.54) is 32.1 Å². The van der Waals surface area contributed by atoms with Gasteiger partial charge in [0.15, 0.2) is 0 Å². The van der Waals surface area contributed by atoms with E-state index in [9.17, 15) is 0 Å². The molecule has 0 bridgehead atoms. The highest BCUT2D eigenvalue weighted by Gasteiger charge is 2.45. The average molecular weight is 182 g/mol. The van der Waals surface area contributed by atoms with Crippen LogP contribution in [-0.2, 0) is 4.74 Å². The fourth-order valence-electron chi connectivity index (χ4n) is 2.93. The van der Waals surface area contributed by atoms with Gasteiger partial charge in [0.05, 0.1) is 12.2 Å². The lowest BCUT2D eigenvalue weighted by molar-refractivity contribution is -0.0340. The van der Waals surface area contributed by atoms with Crippen molar-refractivity contribution < 1.29 is 4.74 Å². The van der Waals surface area contributed by atoms with Crippen molar-refractivity contribution in [2.45, 2.75) is 58.5 Å². The lowest BCUT2D eigenvalue weighted by Crippen LogP contribution is -2.33. The molecule has 76 valence electrons. The molecule has 0 N–H and O–H groups in total. The first-order valence-electron chi connectivity index (χ1n) is 5.65. The van der Waals surface area contributed by atoms with E-state index in [4.69, 9.17) is 4.74 Å². The number of ether oxygens (including phenoxy) is 1. The maximum Gasteiger partial charge on any atom is 0.0689 e. The molecule has 0 unspecified atom stereocenters. The van der Waals surface area contributed by atoms with Crippen LogP contribution in [0.3, 0.4) is 0 Å². The van der Waals surface area contributed by atoms with Gasteiger partial charge in [0.25, 0.3) is 0 Å². The Kier molecular flexibility index (Phi) is 2.18. The maximum atomic E-state index is 6.04. The molecule has 1 spiro atoms. The van der Waals surface area contributed by atoms with Crippen LogP contribution in [0.5, 0.6) is 0 Å². The van der Waals surface area contributed by atoms with Crippen molar-refractivity contribution in [3.8, 4) is 0 Å². The molecule has 1 aliphatic heterocycles. The first kappa shape index (κ1) is 9.51. The summed E-state index contributed by atoms with van der Waals surface area (Å²) in [6.07, 6.45) is 6.63. The van der Waals surface area contributed by atoms with Gasteiger partial charge in [-0.1, -0.05) is 20.8 Å². The lowest BCUT2D eigenvalue weighted by atomic mass is 9.74. The standard InChI is InChI=1S/C12H22O/c1-10-4-6-12(7-5-10)8-11(2,3)9-13-12/h10H,4-9H2,1-3H3/t10-,12+. The molecule has 0 aromatic rings. The normalized spacial score (nSPS) is 44.1. The molecular formula is C12H22O. The molecule has 1 heteroatoms. The highest BCUT2D eigenvalue weighted by molar-refractivity contribution is 4.95. The van der Waals surface area contributed by atoms with Crippen LogP contribution >= 0.6 is 0 Å². The van der Waals surface area contributed by atoms with Gasteiger partial charge in [-0.05, 0) is 43.4 Å². The second kappa shape index (κ2) is 2.98. The third-order valence-corrected chi connectivity index (χ3v) is 3.76. The summed E-state index contributed by atoms with van der Waals surface area (Å²) in [6.45, 7) is 8.01. The third-order valence-electron chi connectivity index (χ3n) is 3.76. The first-order valence-corrected chi connectivity index (χ1v) is 5.65. The van der Waals surface area contributed by atoms with E-state index in [2.05, 4.69) is 20.8 Å². The van der Waals surface area contributed by atoms with Gasteiger partial charge in [-0.3, -0.25) is 0 Å². The van der Waals surface area contributed by atoms with Crippen LogP contribution in [0.2, 0.25) is 0 Å². The second-order valence-electron chi connectivity index (χ2n) is 6.00. The molecule has 1 nitrogen and oxygen atoms in total. The molecule has 0 atom stereocenters. The molecule has 0 radical (unpaired) electrons. The molecule has 2 aliphatic rings. The molecule has 2 rings (SSSR count). The van der Waals surface area contributed by atoms with E-state index in [0.29, 0.717) is 5.41 Å². The highest BCUT2D eigenvalue weighted by Crippen LogP contribution is 2.47. The zero-order valence-electron chi connectivity index (χ0n) is 9.23. The topological polar surface area (TPSA) is 9.23 Å². The van der Waals surface area contributed by atoms with Gasteiger partial charge >= 0.3 is 0 Å². The van der Waals surface area contributed by atoms with Crippen LogP contribution < -0.4 is 0 Å². The number of hydrogen-bond donors (Lipinski definition) is 0. The Morgan fingerprint density at radius 2 is 1.77 bits per heavy atom. The van der Waals surface area contributed by atoms with Crippen LogP contribution in [0.25, 0.3) is 0 Å². The summed E-state index contributed by atoms with van der Waals surface area (Å²) in [4.78, 5) is 0. The molecule has 1 saturated heterocycles. The molecule has 0 amide bonds. The minimum atomic E-state index is 0.288. The minimum Gasteiger partial charge on any atom is -0.374 e. The highest BCUT2D eigenvalue weighted by atomic mass is 16.5. The zero-order chi connectivity index (χ0) is 9.53. The van der Waals surface area contributed by atoms with Crippen LogP contribution in [0.1, 0.15) is 52.9 Å². The van der Waals surface area contributed by atoms with Crippen molar-refractivity contribution in [1.82, 2.24) is 0 Å². The Morgan fingerprint density at radius 3 is 2.23 bits per heavy atom. The van der Waals surface area contributed by atoms with Crippen LogP contribution in [0.15, 0.2) is 0 Å². The smallest absolute Gasteiger partial charge is 0.0689 e. The Bertz CT molecular complexity index is 187. The predicted molar refractivity (Wildman–Crippen MR) is 54.7 cm³/mol. The summed E-state index contributed by atoms with van der Waals surface area (Å²) in [5.74, 6) is 0.929. The fourth-order valence-corrected chi connectivity index (χ4v) is 2.93. The Hall–Kier alpha value is -0.0400. The summed E-state index contributed by atoms with van der Waals surface area (Å²) in [6, 6.07) is 0. The van der Waals surface area contributed by atoms with E-state index in [-0.39, 0.29) is 5.60 Å². The summed E-state index contributed by atoms with van der Waals surface area (Å²) < 4.78 is 6.04. The molecule has 1 saturated carbocycles. The predicted octanol–water partition coefficient (Wildman–Crippen LogP) is 3.38. The first-order chi connectivity index (χ1) is 6.02. The molecule has 0 aromatic carbocycles. The molecule has 0 aromatic heterocycles. The van der Waals surface area contributed by atoms with Gasteiger partial charge in [0.2, 0.25) is 0 Å². The van der Waals surface area contributed by atoms with Gasteiger partial charge in [-0.25, -0.2) is 0 Å². The Balaban J connectivity index is 2.00. The average Bonchev–Trinajstić information content (AvgIpc) is 2.35. The minimum absolute atomic E-state index is 0.288. The van der Waals surface area contributed by atoms with Crippen molar-refractivity contribution in [2.24, 2.45) is 11.3 Å². The quantitative estimate of drug-likeness (QED) is 0.558.